The number of hydrogen-bond donors (Lipinski definition) is 3. The highest BCUT2D eigenvalue weighted by atomic mass is 16.3. The SMILES string of the molecule is Cc1cccc(C(O)CNC(=O)NC2CCN(c3ccccc3)C2)c1. The van der Waals surface area contributed by atoms with Gasteiger partial charge in [-0.25, -0.2) is 4.79 Å². The van der Waals surface area contributed by atoms with E-state index in [0.29, 0.717) is 0 Å². The molecule has 1 fully saturated rings. The van der Waals surface area contributed by atoms with Crippen molar-refractivity contribution in [2.75, 3.05) is 24.5 Å². The number of amides is 2. The van der Waals surface area contributed by atoms with Crippen LogP contribution in [0.15, 0.2) is 54.6 Å². The zero-order valence-corrected chi connectivity index (χ0v) is 14.5. The lowest BCUT2D eigenvalue weighted by molar-refractivity contribution is 0.172. The van der Waals surface area contributed by atoms with Crippen LogP contribution in [-0.2, 0) is 0 Å². The van der Waals surface area contributed by atoms with Crippen LogP contribution < -0.4 is 15.5 Å². The van der Waals surface area contributed by atoms with Crippen molar-refractivity contribution in [3.8, 4) is 0 Å². The molecular weight excluding hydrogens is 314 g/mol. The van der Waals surface area contributed by atoms with Crippen LogP contribution in [0.3, 0.4) is 0 Å². The van der Waals surface area contributed by atoms with E-state index < -0.39 is 6.10 Å². The number of nitrogens with zero attached hydrogens (tertiary/aromatic N) is 1. The summed E-state index contributed by atoms with van der Waals surface area (Å²) in [7, 11) is 0. The van der Waals surface area contributed by atoms with E-state index in [2.05, 4.69) is 27.7 Å². The highest BCUT2D eigenvalue weighted by Crippen LogP contribution is 2.19. The fourth-order valence-corrected chi connectivity index (χ4v) is 3.17. The van der Waals surface area contributed by atoms with E-state index in [9.17, 15) is 9.90 Å². The molecule has 1 heterocycles. The fourth-order valence-electron chi connectivity index (χ4n) is 3.17. The topological polar surface area (TPSA) is 64.6 Å². The number of nitrogens with one attached hydrogen (secondary N) is 2. The molecule has 2 atom stereocenters. The number of urea groups is 1. The summed E-state index contributed by atoms with van der Waals surface area (Å²) in [6, 6.07) is 17.8. The lowest BCUT2D eigenvalue weighted by Gasteiger charge is -2.19. The van der Waals surface area contributed by atoms with Gasteiger partial charge in [0.15, 0.2) is 0 Å². The second-order valence-electron chi connectivity index (χ2n) is 6.55. The van der Waals surface area contributed by atoms with Crippen molar-refractivity contribution in [1.82, 2.24) is 10.6 Å². The maximum Gasteiger partial charge on any atom is 0.315 e. The predicted molar refractivity (Wildman–Crippen MR) is 99.7 cm³/mol. The molecule has 132 valence electrons. The van der Waals surface area contributed by atoms with Crippen molar-refractivity contribution in [2.45, 2.75) is 25.5 Å². The van der Waals surface area contributed by atoms with E-state index in [1.165, 1.54) is 5.69 Å². The van der Waals surface area contributed by atoms with Crippen LogP contribution in [-0.4, -0.2) is 36.8 Å². The van der Waals surface area contributed by atoms with E-state index in [1.54, 1.807) is 0 Å². The second-order valence-corrected chi connectivity index (χ2v) is 6.55. The van der Waals surface area contributed by atoms with Gasteiger partial charge in [-0.2, -0.15) is 0 Å². The molecule has 0 bridgehead atoms. The number of aryl methyl sites for hydroxylation is 1. The fraction of sp³-hybridized carbons (Fsp3) is 0.350. The summed E-state index contributed by atoms with van der Waals surface area (Å²) in [5.41, 5.74) is 3.09. The third-order valence-electron chi connectivity index (χ3n) is 4.53. The van der Waals surface area contributed by atoms with Crippen LogP contribution in [0.25, 0.3) is 0 Å². The Morgan fingerprint density at radius 2 is 2.04 bits per heavy atom. The Hall–Kier alpha value is -2.53. The summed E-state index contributed by atoms with van der Waals surface area (Å²) >= 11 is 0. The van der Waals surface area contributed by atoms with Crippen molar-refractivity contribution >= 4 is 11.7 Å². The molecule has 5 nitrogen and oxygen atoms in total. The van der Waals surface area contributed by atoms with Crippen LogP contribution in [0, 0.1) is 6.92 Å². The smallest absolute Gasteiger partial charge is 0.315 e. The molecule has 1 saturated heterocycles. The molecular formula is C20H25N3O2. The quantitative estimate of drug-likeness (QED) is 0.784. The van der Waals surface area contributed by atoms with E-state index in [0.717, 1.165) is 30.6 Å². The molecule has 0 saturated carbocycles. The van der Waals surface area contributed by atoms with Gasteiger partial charge < -0.3 is 20.6 Å². The minimum absolute atomic E-state index is 0.122. The van der Waals surface area contributed by atoms with Gasteiger partial charge in [-0.15, -0.1) is 0 Å². The van der Waals surface area contributed by atoms with Gasteiger partial charge in [0.1, 0.15) is 0 Å². The first kappa shape index (κ1) is 17.3. The van der Waals surface area contributed by atoms with Crippen molar-refractivity contribution in [1.29, 1.82) is 0 Å². The highest BCUT2D eigenvalue weighted by Gasteiger charge is 2.24. The van der Waals surface area contributed by atoms with Gasteiger partial charge in [-0.05, 0) is 31.0 Å². The molecule has 3 N–H and O–H groups in total. The van der Waals surface area contributed by atoms with Crippen molar-refractivity contribution < 1.29 is 9.90 Å². The third-order valence-corrected chi connectivity index (χ3v) is 4.53. The molecule has 0 aromatic heterocycles. The number of benzene rings is 2. The second kappa shape index (κ2) is 8.03. The molecule has 1 aliphatic rings. The lowest BCUT2D eigenvalue weighted by atomic mass is 10.1. The number of carbonyl (C=O) groups excluding carboxylic acids is 1. The zero-order valence-electron chi connectivity index (χ0n) is 14.5. The van der Waals surface area contributed by atoms with Gasteiger partial charge in [0.2, 0.25) is 0 Å². The number of para-hydroxylation sites is 1. The van der Waals surface area contributed by atoms with Gasteiger partial charge in [0.05, 0.1) is 6.10 Å². The van der Waals surface area contributed by atoms with Gasteiger partial charge in [0.25, 0.3) is 0 Å². The van der Waals surface area contributed by atoms with Crippen LogP contribution >= 0.6 is 0 Å². The van der Waals surface area contributed by atoms with E-state index in [-0.39, 0.29) is 18.6 Å². The van der Waals surface area contributed by atoms with Gasteiger partial charge >= 0.3 is 6.03 Å². The minimum Gasteiger partial charge on any atom is -0.387 e. The summed E-state index contributed by atoms with van der Waals surface area (Å²) in [5, 5.41) is 16.0. The first-order chi connectivity index (χ1) is 12.1. The van der Waals surface area contributed by atoms with Gasteiger partial charge in [-0.3, -0.25) is 0 Å². The van der Waals surface area contributed by atoms with Crippen molar-refractivity contribution in [3.63, 3.8) is 0 Å². The average molecular weight is 339 g/mol. The van der Waals surface area contributed by atoms with Crippen LogP contribution in [0.1, 0.15) is 23.7 Å². The molecule has 25 heavy (non-hydrogen) atoms. The van der Waals surface area contributed by atoms with Crippen LogP contribution in [0.2, 0.25) is 0 Å². The molecule has 2 aromatic carbocycles. The zero-order chi connectivity index (χ0) is 17.6. The van der Waals surface area contributed by atoms with Crippen LogP contribution in [0.5, 0.6) is 0 Å². The molecule has 3 rings (SSSR count). The monoisotopic (exact) mass is 339 g/mol. The molecule has 1 aliphatic heterocycles. The maximum absolute atomic E-state index is 12.1. The number of aliphatic hydroxyl groups excluding tert-OH is 1. The lowest BCUT2D eigenvalue weighted by Crippen LogP contribution is -2.44. The van der Waals surface area contributed by atoms with Gasteiger partial charge in [0, 0.05) is 31.4 Å². The predicted octanol–water partition coefficient (Wildman–Crippen LogP) is 2.61. The number of carbonyl (C=O) groups is 1. The molecule has 5 heteroatoms. The summed E-state index contributed by atoms with van der Waals surface area (Å²) in [5.74, 6) is 0. The Bertz CT molecular complexity index is 705. The normalized spacial score (nSPS) is 18.0. The van der Waals surface area contributed by atoms with Crippen molar-refractivity contribution in [3.05, 3.63) is 65.7 Å². The Morgan fingerprint density at radius 3 is 2.80 bits per heavy atom. The van der Waals surface area contributed by atoms with E-state index in [4.69, 9.17) is 0 Å². The van der Waals surface area contributed by atoms with E-state index >= 15 is 0 Å². The Morgan fingerprint density at radius 1 is 1.24 bits per heavy atom. The Labute approximate surface area is 148 Å². The molecule has 0 radical (unpaired) electrons. The third kappa shape index (κ3) is 4.73. The van der Waals surface area contributed by atoms with E-state index in [1.807, 2.05) is 49.4 Å². The van der Waals surface area contributed by atoms with Crippen LogP contribution in [0.4, 0.5) is 10.5 Å². The Balaban J connectivity index is 1.44. The number of rotatable bonds is 5. The average Bonchev–Trinajstić information content (AvgIpc) is 3.09. The summed E-state index contributed by atoms with van der Waals surface area (Å²) in [6.07, 6.45) is 0.220. The highest BCUT2D eigenvalue weighted by molar-refractivity contribution is 5.74. The largest absolute Gasteiger partial charge is 0.387 e. The molecule has 2 amide bonds. The molecule has 2 aromatic rings. The first-order valence-corrected chi connectivity index (χ1v) is 8.71. The standard InChI is InChI=1S/C20H25N3O2/c1-15-6-5-7-16(12-15)19(24)13-21-20(25)22-17-10-11-23(14-17)18-8-3-2-4-9-18/h2-9,12,17,19,24H,10-11,13-14H2,1H3,(H2,21,22,25). The first-order valence-electron chi connectivity index (χ1n) is 8.71. The maximum atomic E-state index is 12.1. The molecule has 2 unspecified atom stereocenters. The minimum atomic E-state index is -0.699. The summed E-state index contributed by atoms with van der Waals surface area (Å²) < 4.78 is 0. The summed E-state index contributed by atoms with van der Waals surface area (Å²) in [4.78, 5) is 14.4. The van der Waals surface area contributed by atoms with Gasteiger partial charge in [-0.1, -0.05) is 48.0 Å². The molecule has 0 spiro atoms. The number of anilines is 1. The number of hydrogen-bond acceptors (Lipinski definition) is 3. The Kier molecular flexibility index (Phi) is 5.56. The van der Waals surface area contributed by atoms with Crippen molar-refractivity contribution in [2.24, 2.45) is 0 Å². The number of aliphatic hydroxyl groups is 1. The molecule has 0 aliphatic carbocycles. The summed E-state index contributed by atoms with van der Waals surface area (Å²) in [6.45, 7) is 3.91.